The molecular formula is C26H29FN4O4. The molecule has 1 spiro atoms. The van der Waals surface area contributed by atoms with E-state index in [1.54, 1.807) is 23.0 Å². The predicted molar refractivity (Wildman–Crippen MR) is 129 cm³/mol. The highest BCUT2D eigenvalue weighted by Gasteiger charge is 2.55. The summed E-state index contributed by atoms with van der Waals surface area (Å²) in [6.07, 6.45) is 0.794. The third-order valence-electron chi connectivity index (χ3n) is 7.05. The number of ether oxygens (including phenoxy) is 1. The SMILES string of the molecule is CCCNC(=O)N1CC2(CN(C(=O)c3cccc(F)c3)C2)c2c([nH]c3cc(OC)ccc23)[C@@H]1CO. The van der Waals surface area contributed by atoms with Crippen LogP contribution >= 0.6 is 0 Å². The van der Waals surface area contributed by atoms with Crippen LogP contribution in [0.25, 0.3) is 10.9 Å². The van der Waals surface area contributed by atoms with E-state index in [0.717, 1.165) is 28.6 Å². The molecule has 1 aromatic heterocycles. The third-order valence-corrected chi connectivity index (χ3v) is 7.05. The molecule has 8 nitrogen and oxygen atoms in total. The number of aliphatic hydroxyl groups excluding tert-OH is 1. The van der Waals surface area contributed by atoms with E-state index in [1.807, 2.05) is 25.1 Å². The number of halogens is 1. The number of carbonyl (C=O) groups is 2. The molecule has 0 aliphatic carbocycles. The first-order valence-corrected chi connectivity index (χ1v) is 11.8. The maximum absolute atomic E-state index is 13.7. The summed E-state index contributed by atoms with van der Waals surface area (Å²) in [6, 6.07) is 10.6. The molecule has 0 radical (unpaired) electrons. The molecule has 2 aliphatic heterocycles. The van der Waals surface area contributed by atoms with Gasteiger partial charge in [0.05, 0.1) is 25.2 Å². The molecule has 2 aliphatic rings. The van der Waals surface area contributed by atoms with Gasteiger partial charge in [-0.05, 0) is 42.3 Å². The fraction of sp³-hybridized carbons (Fsp3) is 0.385. The summed E-state index contributed by atoms with van der Waals surface area (Å²) in [5.74, 6) is -0.00890. The van der Waals surface area contributed by atoms with Crippen molar-refractivity contribution in [3.8, 4) is 5.75 Å². The molecule has 1 saturated heterocycles. The van der Waals surface area contributed by atoms with Crippen molar-refractivity contribution in [2.24, 2.45) is 0 Å². The summed E-state index contributed by atoms with van der Waals surface area (Å²) < 4.78 is 19.1. The van der Waals surface area contributed by atoms with E-state index in [-0.39, 0.29) is 18.5 Å². The lowest BCUT2D eigenvalue weighted by atomic mass is 9.68. The number of nitrogens with one attached hydrogen (secondary N) is 2. The van der Waals surface area contributed by atoms with Gasteiger partial charge in [0.2, 0.25) is 0 Å². The molecule has 3 amide bonds. The number of hydrogen-bond donors (Lipinski definition) is 3. The lowest BCUT2D eigenvalue weighted by Gasteiger charge is -2.56. The van der Waals surface area contributed by atoms with Crippen LogP contribution in [-0.4, -0.2) is 71.7 Å². The summed E-state index contributed by atoms with van der Waals surface area (Å²) in [5.41, 5.74) is 2.41. The number of aromatic amines is 1. The van der Waals surface area contributed by atoms with Crippen molar-refractivity contribution >= 4 is 22.8 Å². The van der Waals surface area contributed by atoms with Gasteiger partial charge in [-0.15, -0.1) is 0 Å². The maximum Gasteiger partial charge on any atom is 0.318 e. The quantitative estimate of drug-likeness (QED) is 0.523. The lowest BCUT2D eigenvalue weighted by Crippen LogP contribution is -2.68. The molecule has 3 N–H and O–H groups in total. The maximum atomic E-state index is 13.7. The fourth-order valence-electron chi connectivity index (χ4n) is 5.44. The highest BCUT2D eigenvalue weighted by molar-refractivity contribution is 5.96. The Morgan fingerprint density at radius 2 is 2.03 bits per heavy atom. The Balaban J connectivity index is 1.55. The third kappa shape index (κ3) is 3.80. The Labute approximate surface area is 202 Å². The van der Waals surface area contributed by atoms with Gasteiger partial charge in [-0.1, -0.05) is 13.0 Å². The van der Waals surface area contributed by atoms with Gasteiger partial charge in [-0.25, -0.2) is 9.18 Å². The van der Waals surface area contributed by atoms with Gasteiger partial charge in [0.25, 0.3) is 5.91 Å². The number of H-pyrrole nitrogens is 1. The van der Waals surface area contributed by atoms with Crippen LogP contribution in [-0.2, 0) is 5.41 Å². The zero-order valence-electron chi connectivity index (χ0n) is 19.8. The van der Waals surface area contributed by atoms with Crippen LogP contribution in [0.15, 0.2) is 42.5 Å². The van der Waals surface area contributed by atoms with E-state index in [1.165, 1.54) is 18.2 Å². The second-order valence-electron chi connectivity index (χ2n) is 9.34. The zero-order valence-corrected chi connectivity index (χ0v) is 19.8. The average Bonchev–Trinajstić information content (AvgIpc) is 3.23. The summed E-state index contributed by atoms with van der Waals surface area (Å²) in [6.45, 7) is 3.38. The molecule has 0 saturated carbocycles. The smallest absolute Gasteiger partial charge is 0.318 e. The van der Waals surface area contributed by atoms with Crippen LogP contribution in [0.2, 0.25) is 0 Å². The van der Waals surface area contributed by atoms with E-state index in [2.05, 4.69) is 10.3 Å². The normalized spacial score (nSPS) is 18.3. The number of carbonyl (C=O) groups excluding carboxylic acids is 2. The number of aromatic nitrogens is 1. The fourth-order valence-corrected chi connectivity index (χ4v) is 5.44. The molecule has 35 heavy (non-hydrogen) atoms. The van der Waals surface area contributed by atoms with Crippen molar-refractivity contribution in [3.05, 3.63) is 65.1 Å². The zero-order chi connectivity index (χ0) is 24.7. The van der Waals surface area contributed by atoms with Crippen molar-refractivity contribution in [1.29, 1.82) is 0 Å². The number of benzene rings is 2. The van der Waals surface area contributed by atoms with Crippen molar-refractivity contribution in [3.63, 3.8) is 0 Å². The lowest BCUT2D eigenvalue weighted by molar-refractivity contribution is 0.0121. The molecule has 9 heteroatoms. The number of likely N-dealkylation sites (tertiary alicyclic amines) is 1. The van der Waals surface area contributed by atoms with Gasteiger partial charge in [0.1, 0.15) is 11.6 Å². The summed E-state index contributed by atoms with van der Waals surface area (Å²) >= 11 is 0. The van der Waals surface area contributed by atoms with Gasteiger partial charge in [-0.3, -0.25) is 4.79 Å². The molecule has 0 unspecified atom stereocenters. The molecule has 0 bridgehead atoms. The first kappa shape index (κ1) is 23.2. The number of hydrogen-bond acceptors (Lipinski definition) is 4. The molecule has 3 heterocycles. The average molecular weight is 481 g/mol. The standard InChI is InChI=1S/C26H29FN4O4/c1-3-9-28-25(34)31-15-26(13-30(14-26)24(33)16-5-4-6-17(27)10-16)22-19-8-7-18(35-2)11-20(19)29-23(22)21(31)12-32/h4-8,10-11,21,29,32H,3,9,12-15H2,1-2H3,(H,28,34)/t21-/m0/s1. The summed E-state index contributed by atoms with van der Waals surface area (Å²) in [4.78, 5) is 33.0. The van der Waals surface area contributed by atoms with E-state index >= 15 is 0 Å². The number of amides is 3. The molecule has 5 rings (SSSR count). The molecular weight excluding hydrogens is 451 g/mol. The van der Waals surface area contributed by atoms with Crippen molar-refractivity contribution in [1.82, 2.24) is 20.1 Å². The topological polar surface area (TPSA) is 97.9 Å². The van der Waals surface area contributed by atoms with Crippen LogP contribution in [0.4, 0.5) is 9.18 Å². The van der Waals surface area contributed by atoms with Gasteiger partial charge >= 0.3 is 6.03 Å². The highest BCUT2D eigenvalue weighted by Crippen LogP contribution is 2.48. The number of nitrogens with zero attached hydrogens (tertiary/aromatic N) is 2. The Bertz CT molecular complexity index is 1280. The van der Waals surface area contributed by atoms with Crippen LogP contribution in [0, 0.1) is 5.82 Å². The van der Waals surface area contributed by atoms with E-state index in [4.69, 9.17) is 4.74 Å². The molecule has 1 fully saturated rings. The van der Waals surface area contributed by atoms with E-state index in [0.29, 0.717) is 37.5 Å². The minimum atomic E-state index is -0.543. The van der Waals surface area contributed by atoms with Gasteiger partial charge < -0.3 is 29.9 Å². The first-order chi connectivity index (χ1) is 16.9. The number of fused-ring (bicyclic) bond motifs is 4. The summed E-state index contributed by atoms with van der Waals surface area (Å²) in [5, 5.41) is 14.2. The number of aliphatic hydroxyl groups is 1. The van der Waals surface area contributed by atoms with Crippen LogP contribution in [0.3, 0.4) is 0 Å². The molecule has 184 valence electrons. The molecule has 1 atom stereocenters. The van der Waals surface area contributed by atoms with Crippen LogP contribution in [0.5, 0.6) is 5.75 Å². The second-order valence-corrected chi connectivity index (χ2v) is 9.34. The van der Waals surface area contributed by atoms with Crippen molar-refractivity contribution in [2.45, 2.75) is 24.8 Å². The largest absolute Gasteiger partial charge is 0.497 e. The van der Waals surface area contributed by atoms with Crippen LogP contribution < -0.4 is 10.1 Å². The number of methoxy groups -OCH3 is 1. The van der Waals surface area contributed by atoms with E-state index < -0.39 is 17.3 Å². The van der Waals surface area contributed by atoms with Crippen molar-refractivity contribution < 1.29 is 23.8 Å². The minimum Gasteiger partial charge on any atom is -0.497 e. The number of rotatable bonds is 5. The van der Waals surface area contributed by atoms with Gasteiger partial charge in [-0.2, -0.15) is 0 Å². The van der Waals surface area contributed by atoms with E-state index in [9.17, 15) is 19.1 Å². The molecule has 2 aromatic carbocycles. The predicted octanol–water partition coefficient (Wildman–Crippen LogP) is 3.18. The summed E-state index contributed by atoms with van der Waals surface area (Å²) in [7, 11) is 1.60. The Kier molecular flexibility index (Phi) is 5.88. The Hall–Kier alpha value is -3.59. The van der Waals surface area contributed by atoms with Gasteiger partial charge in [0.15, 0.2) is 0 Å². The first-order valence-electron chi connectivity index (χ1n) is 11.8. The highest BCUT2D eigenvalue weighted by atomic mass is 19.1. The van der Waals surface area contributed by atoms with Crippen LogP contribution in [0.1, 0.15) is 41.0 Å². The Morgan fingerprint density at radius 1 is 1.23 bits per heavy atom. The Morgan fingerprint density at radius 3 is 2.71 bits per heavy atom. The minimum absolute atomic E-state index is 0.238. The number of urea groups is 1. The van der Waals surface area contributed by atoms with Gasteiger partial charge in [0, 0.05) is 54.4 Å². The second kappa shape index (κ2) is 8.88. The van der Waals surface area contributed by atoms with Crippen molar-refractivity contribution in [2.75, 3.05) is 39.9 Å². The molecule has 3 aromatic rings. The monoisotopic (exact) mass is 480 g/mol.